The van der Waals surface area contributed by atoms with Gasteiger partial charge in [-0.25, -0.2) is 0 Å². The highest BCUT2D eigenvalue weighted by molar-refractivity contribution is 9.11. The van der Waals surface area contributed by atoms with E-state index in [-0.39, 0.29) is 5.91 Å². The van der Waals surface area contributed by atoms with Crippen molar-refractivity contribution in [3.05, 3.63) is 20.8 Å². The van der Waals surface area contributed by atoms with Gasteiger partial charge in [0.15, 0.2) is 0 Å². The van der Waals surface area contributed by atoms with E-state index in [2.05, 4.69) is 34.2 Å². The maximum atomic E-state index is 12.3. The van der Waals surface area contributed by atoms with E-state index in [1.807, 2.05) is 11.0 Å². The second kappa shape index (κ2) is 8.15. The lowest BCUT2D eigenvalue weighted by Gasteiger charge is -2.25. The molecule has 1 aliphatic heterocycles. The van der Waals surface area contributed by atoms with Crippen LogP contribution < -0.4 is 5.32 Å². The first-order valence-corrected chi connectivity index (χ1v) is 9.05. The second-order valence-electron chi connectivity index (χ2n) is 5.30. The van der Waals surface area contributed by atoms with Crippen molar-refractivity contribution in [2.45, 2.75) is 51.6 Å². The number of carbonyl (C=O) groups excluding carboxylic acids is 1. The number of piperidine rings is 1. The van der Waals surface area contributed by atoms with Crippen LogP contribution in [0.3, 0.4) is 0 Å². The number of thiophene rings is 1. The average molecular weight is 359 g/mol. The zero-order valence-electron chi connectivity index (χ0n) is 12.0. The van der Waals surface area contributed by atoms with Gasteiger partial charge < -0.3 is 10.2 Å². The highest BCUT2D eigenvalue weighted by atomic mass is 79.9. The first-order valence-electron chi connectivity index (χ1n) is 7.44. The van der Waals surface area contributed by atoms with Gasteiger partial charge in [-0.1, -0.05) is 6.42 Å². The van der Waals surface area contributed by atoms with E-state index >= 15 is 0 Å². The van der Waals surface area contributed by atoms with Crippen molar-refractivity contribution in [2.75, 3.05) is 13.1 Å². The Balaban J connectivity index is 1.79. The van der Waals surface area contributed by atoms with Gasteiger partial charge in [0, 0.05) is 23.9 Å². The van der Waals surface area contributed by atoms with Crippen LogP contribution in [0.4, 0.5) is 0 Å². The molecular weight excluding hydrogens is 336 g/mol. The molecule has 3 nitrogen and oxygen atoms in total. The molecule has 0 spiro atoms. The van der Waals surface area contributed by atoms with Crippen LogP contribution in [-0.2, 0) is 11.3 Å². The number of hydrogen-bond acceptors (Lipinski definition) is 3. The summed E-state index contributed by atoms with van der Waals surface area (Å²) < 4.78 is 1.13. The Morgan fingerprint density at radius 3 is 2.95 bits per heavy atom. The molecule has 1 N–H and O–H groups in total. The number of hydrogen-bond donors (Lipinski definition) is 1. The maximum absolute atomic E-state index is 12.3. The maximum Gasteiger partial charge on any atom is 0.222 e. The predicted molar refractivity (Wildman–Crippen MR) is 88.0 cm³/mol. The molecule has 1 atom stereocenters. The quantitative estimate of drug-likeness (QED) is 0.838. The molecule has 1 amide bonds. The summed E-state index contributed by atoms with van der Waals surface area (Å²) in [6.07, 6.45) is 5.43. The van der Waals surface area contributed by atoms with Gasteiger partial charge >= 0.3 is 0 Å². The van der Waals surface area contributed by atoms with E-state index in [4.69, 9.17) is 0 Å². The van der Waals surface area contributed by atoms with Gasteiger partial charge in [0.1, 0.15) is 0 Å². The van der Waals surface area contributed by atoms with E-state index in [0.717, 1.165) is 29.8 Å². The summed E-state index contributed by atoms with van der Waals surface area (Å²) >= 11 is 5.18. The summed E-state index contributed by atoms with van der Waals surface area (Å²) in [5.74, 6) is 0.282. The van der Waals surface area contributed by atoms with E-state index in [9.17, 15) is 4.79 Å². The molecule has 1 aliphatic rings. The average Bonchev–Trinajstić information content (AvgIpc) is 2.88. The Kier molecular flexibility index (Phi) is 6.52. The zero-order chi connectivity index (χ0) is 14.4. The van der Waals surface area contributed by atoms with Crippen molar-refractivity contribution in [1.29, 1.82) is 0 Å². The smallest absolute Gasteiger partial charge is 0.222 e. The van der Waals surface area contributed by atoms with Crippen LogP contribution in [0.25, 0.3) is 0 Å². The molecule has 1 aromatic heterocycles. The highest BCUT2D eigenvalue weighted by Gasteiger charge is 2.17. The fraction of sp³-hybridized carbons (Fsp3) is 0.667. The van der Waals surface area contributed by atoms with Crippen molar-refractivity contribution >= 4 is 33.2 Å². The number of nitrogens with one attached hydrogen (secondary N) is 1. The van der Waals surface area contributed by atoms with Crippen LogP contribution in [0.15, 0.2) is 15.9 Å². The summed E-state index contributed by atoms with van der Waals surface area (Å²) in [6.45, 7) is 4.69. The van der Waals surface area contributed by atoms with Gasteiger partial charge in [-0.3, -0.25) is 4.79 Å². The Hall–Kier alpha value is -0.390. The van der Waals surface area contributed by atoms with Gasteiger partial charge in [-0.2, -0.15) is 0 Å². The van der Waals surface area contributed by atoms with Crippen molar-refractivity contribution < 1.29 is 4.79 Å². The molecule has 2 rings (SSSR count). The summed E-state index contributed by atoms with van der Waals surface area (Å²) in [5.41, 5.74) is 0. The number of carbonyl (C=O) groups is 1. The van der Waals surface area contributed by atoms with E-state index in [0.29, 0.717) is 12.5 Å². The molecule has 2 heterocycles. The van der Waals surface area contributed by atoms with Crippen LogP contribution in [0.2, 0.25) is 0 Å². The first-order chi connectivity index (χ1) is 9.69. The second-order valence-corrected chi connectivity index (χ2v) is 7.85. The Bertz CT molecular complexity index is 429. The van der Waals surface area contributed by atoms with Crippen LogP contribution in [-0.4, -0.2) is 29.9 Å². The van der Waals surface area contributed by atoms with Crippen LogP contribution in [0, 0.1) is 0 Å². The van der Waals surface area contributed by atoms with Crippen LogP contribution in [0.5, 0.6) is 0 Å². The number of halogens is 1. The third-order valence-corrected chi connectivity index (χ3v) is 5.44. The van der Waals surface area contributed by atoms with Crippen molar-refractivity contribution in [2.24, 2.45) is 0 Å². The summed E-state index contributed by atoms with van der Waals surface area (Å²) in [7, 11) is 0. The molecule has 20 heavy (non-hydrogen) atoms. The molecule has 1 fully saturated rings. The summed E-state index contributed by atoms with van der Waals surface area (Å²) in [5, 5.41) is 3.51. The fourth-order valence-electron chi connectivity index (χ4n) is 2.63. The highest BCUT2D eigenvalue weighted by Crippen LogP contribution is 2.23. The molecule has 0 saturated carbocycles. The van der Waals surface area contributed by atoms with Crippen molar-refractivity contribution in [3.63, 3.8) is 0 Å². The molecule has 1 aromatic rings. The minimum atomic E-state index is 0.282. The molecule has 5 heteroatoms. The minimum Gasteiger partial charge on any atom is -0.338 e. The lowest BCUT2D eigenvalue weighted by atomic mass is 10.0. The third-order valence-electron chi connectivity index (χ3n) is 3.83. The van der Waals surface area contributed by atoms with Crippen molar-refractivity contribution in [1.82, 2.24) is 10.2 Å². The molecular formula is C15H23BrN2OS. The zero-order valence-corrected chi connectivity index (χ0v) is 14.4. The van der Waals surface area contributed by atoms with Gasteiger partial charge in [0.05, 0.1) is 10.3 Å². The number of rotatable bonds is 6. The predicted octanol–water partition coefficient (Wildman–Crippen LogP) is 3.78. The van der Waals surface area contributed by atoms with Gasteiger partial charge in [0.25, 0.3) is 0 Å². The number of amides is 1. The molecule has 0 aromatic carbocycles. The summed E-state index contributed by atoms with van der Waals surface area (Å²) in [6, 6.07) is 4.68. The monoisotopic (exact) mass is 358 g/mol. The van der Waals surface area contributed by atoms with Gasteiger partial charge in [-0.15, -0.1) is 11.3 Å². The third kappa shape index (κ3) is 4.86. The molecule has 0 bridgehead atoms. The number of nitrogens with zero attached hydrogens (tertiary/aromatic N) is 1. The van der Waals surface area contributed by atoms with Gasteiger partial charge in [-0.05, 0) is 60.8 Å². The molecule has 1 saturated heterocycles. The molecule has 0 radical (unpaired) electrons. The minimum absolute atomic E-state index is 0.282. The SMILES string of the molecule is CCN(Cc1ccc(Br)s1)C(=O)CCC1CCCCN1. The topological polar surface area (TPSA) is 32.3 Å². The van der Waals surface area contributed by atoms with Crippen LogP contribution in [0.1, 0.15) is 43.9 Å². The lowest BCUT2D eigenvalue weighted by Crippen LogP contribution is -2.36. The lowest BCUT2D eigenvalue weighted by molar-refractivity contribution is -0.131. The summed E-state index contributed by atoms with van der Waals surface area (Å²) in [4.78, 5) is 15.5. The van der Waals surface area contributed by atoms with E-state index in [1.54, 1.807) is 11.3 Å². The molecule has 112 valence electrons. The van der Waals surface area contributed by atoms with Gasteiger partial charge in [0.2, 0.25) is 5.91 Å². The Morgan fingerprint density at radius 1 is 1.50 bits per heavy atom. The van der Waals surface area contributed by atoms with Crippen molar-refractivity contribution in [3.8, 4) is 0 Å². The normalized spacial score (nSPS) is 19.0. The van der Waals surface area contributed by atoms with E-state index < -0.39 is 0 Å². The molecule has 0 aliphatic carbocycles. The standard InChI is InChI=1S/C15H23BrN2OS/c1-2-18(11-13-7-8-14(16)20-13)15(19)9-6-12-5-3-4-10-17-12/h7-8,12,17H,2-6,9-11H2,1H3. The Labute approximate surface area is 133 Å². The first kappa shape index (κ1) is 16.0. The largest absolute Gasteiger partial charge is 0.338 e. The van der Waals surface area contributed by atoms with Crippen LogP contribution >= 0.6 is 27.3 Å². The molecule has 1 unspecified atom stereocenters. The van der Waals surface area contributed by atoms with E-state index in [1.165, 1.54) is 24.1 Å². The fourth-order valence-corrected chi connectivity index (χ4v) is 4.13. The Morgan fingerprint density at radius 2 is 2.35 bits per heavy atom.